The van der Waals surface area contributed by atoms with Crippen molar-refractivity contribution in [1.82, 2.24) is 10.6 Å². The van der Waals surface area contributed by atoms with Crippen molar-refractivity contribution >= 4 is 17.8 Å². The minimum atomic E-state index is -0.880. The Bertz CT molecular complexity index is 867. The van der Waals surface area contributed by atoms with Crippen molar-refractivity contribution in [3.05, 3.63) is 65.7 Å². The molecule has 3 atom stereocenters. The molecule has 0 radical (unpaired) electrons. The van der Waals surface area contributed by atoms with Crippen LogP contribution in [-0.4, -0.2) is 36.0 Å². The maximum atomic E-state index is 13.0. The van der Waals surface area contributed by atoms with E-state index < -0.39 is 17.9 Å². The molecule has 1 unspecified atom stereocenters. The zero-order chi connectivity index (χ0) is 20.8. The average molecular weight is 396 g/mol. The lowest BCUT2D eigenvalue weighted by Gasteiger charge is -2.21. The van der Waals surface area contributed by atoms with Gasteiger partial charge >= 0.3 is 5.97 Å². The highest BCUT2D eigenvalue weighted by atomic mass is 16.5. The third-order valence-corrected chi connectivity index (χ3v) is 5.15. The number of methoxy groups -OCH3 is 1. The van der Waals surface area contributed by atoms with E-state index in [1.54, 1.807) is 55.6 Å². The number of nitrogens with one attached hydrogen (secondary N) is 2. The highest BCUT2D eigenvalue weighted by Gasteiger charge is 2.32. The Morgan fingerprint density at radius 2 is 1.72 bits per heavy atom. The Morgan fingerprint density at radius 3 is 2.31 bits per heavy atom. The number of aliphatic carboxylic acids is 1. The Balaban J connectivity index is 1.73. The zero-order valence-corrected chi connectivity index (χ0v) is 16.1. The molecule has 29 heavy (non-hydrogen) atoms. The number of hydrogen-bond acceptors (Lipinski definition) is 4. The summed E-state index contributed by atoms with van der Waals surface area (Å²) in [5, 5.41) is 14.8. The van der Waals surface area contributed by atoms with E-state index in [9.17, 15) is 14.4 Å². The van der Waals surface area contributed by atoms with E-state index in [4.69, 9.17) is 9.84 Å². The fourth-order valence-corrected chi connectivity index (χ4v) is 3.52. The fourth-order valence-electron chi connectivity index (χ4n) is 3.52. The molecule has 7 nitrogen and oxygen atoms in total. The first-order valence-electron chi connectivity index (χ1n) is 9.51. The average Bonchev–Trinajstić information content (AvgIpc) is 3.21. The molecule has 2 aromatic carbocycles. The molecular formula is C22H24N2O5. The second-order valence-electron chi connectivity index (χ2n) is 7.10. The van der Waals surface area contributed by atoms with Gasteiger partial charge < -0.3 is 20.5 Å². The molecule has 2 amide bonds. The zero-order valence-electron chi connectivity index (χ0n) is 16.1. The van der Waals surface area contributed by atoms with Gasteiger partial charge in [0.25, 0.3) is 5.91 Å². The maximum Gasteiger partial charge on any atom is 0.306 e. The number of benzene rings is 2. The monoisotopic (exact) mass is 396 g/mol. The third-order valence-electron chi connectivity index (χ3n) is 5.15. The fraction of sp³-hybridized carbons (Fsp3) is 0.318. The van der Waals surface area contributed by atoms with Crippen LogP contribution in [0.5, 0.6) is 5.75 Å². The van der Waals surface area contributed by atoms with Gasteiger partial charge in [-0.25, -0.2) is 0 Å². The van der Waals surface area contributed by atoms with Crippen LogP contribution in [-0.2, 0) is 9.59 Å². The molecule has 0 bridgehead atoms. The predicted octanol–water partition coefficient (Wildman–Crippen LogP) is 2.54. The number of amides is 2. The molecule has 152 valence electrons. The minimum Gasteiger partial charge on any atom is -0.497 e. The summed E-state index contributed by atoms with van der Waals surface area (Å²) in [6, 6.07) is 14.5. The summed E-state index contributed by atoms with van der Waals surface area (Å²) >= 11 is 0. The largest absolute Gasteiger partial charge is 0.497 e. The summed E-state index contributed by atoms with van der Waals surface area (Å²) < 4.78 is 5.10. The lowest BCUT2D eigenvalue weighted by molar-refractivity contribution is -0.141. The standard InChI is InChI=1S/C22H24N2O5/c1-29-18-11-8-15(9-12-18)20(25)24-19(14-5-3-2-4-6-14)21(26)23-17-10-7-16(13-17)22(27)28/h2-6,8-9,11-12,16-17,19H,7,10,13H2,1H3,(H,23,26)(H,24,25)(H,27,28)/t16-,17+,19?/m0/s1. The van der Waals surface area contributed by atoms with Gasteiger partial charge in [-0.15, -0.1) is 0 Å². The number of rotatable bonds is 7. The van der Waals surface area contributed by atoms with Gasteiger partial charge in [0.15, 0.2) is 0 Å². The van der Waals surface area contributed by atoms with Gasteiger partial charge in [0.1, 0.15) is 11.8 Å². The number of carboxylic acid groups (broad SMARTS) is 1. The number of carbonyl (C=O) groups excluding carboxylic acids is 2. The molecule has 0 spiro atoms. The molecule has 0 saturated heterocycles. The Hall–Kier alpha value is -3.35. The number of hydrogen-bond donors (Lipinski definition) is 3. The van der Waals surface area contributed by atoms with Crippen molar-refractivity contribution < 1.29 is 24.2 Å². The second-order valence-corrected chi connectivity index (χ2v) is 7.10. The van der Waals surface area contributed by atoms with Crippen LogP contribution in [0.1, 0.15) is 41.2 Å². The first-order chi connectivity index (χ1) is 14.0. The topological polar surface area (TPSA) is 105 Å². The van der Waals surface area contributed by atoms with Crippen LogP contribution in [0.2, 0.25) is 0 Å². The molecule has 0 aliphatic heterocycles. The smallest absolute Gasteiger partial charge is 0.306 e. The minimum absolute atomic E-state index is 0.215. The molecule has 3 N–H and O–H groups in total. The lowest BCUT2D eigenvalue weighted by atomic mass is 10.0. The highest BCUT2D eigenvalue weighted by molar-refractivity contribution is 5.98. The third kappa shape index (κ3) is 5.13. The van der Waals surface area contributed by atoms with Crippen LogP contribution >= 0.6 is 0 Å². The molecule has 0 heterocycles. The van der Waals surface area contributed by atoms with Crippen LogP contribution in [0, 0.1) is 5.92 Å². The van der Waals surface area contributed by atoms with E-state index in [1.807, 2.05) is 6.07 Å². The normalized spacial score (nSPS) is 19.2. The SMILES string of the molecule is COc1ccc(C(=O)NC(C(=O)N[C@@H]2CC[C@H](C(=O)O)C2)c2ccccc2)cc1. The second kappa shape index (κ2) is 9.23. The van der Waals surface area contributed by atoms with Gasteiger partial charge in [-0.05, 0) is 49.1 Å². The number of ether oxygens (including phenoxy) is 1. The van der Waals surface area contributed by atoms with Gasteiger partial charge in [-0.3, -0.25) is 14.4 Å². The van der Waals surface area contributed by atoms with E-state index in [-0.39, 0.29) is 17.9 Å². The van der Waals surface area contributed by atoms with Crippen LogP contribution in [0.4, 0.5) is 0 Å². The van der Waals surface area contributed by atoms with Gasteiger partial charge in [0.05, 0.1) is 13.0 Å². The molecule has 2 aromatic rings. The highest BCUT2D eigenvalue weighted by Crippen LogP contribution is 2.26. The molecule has 7 heteroatoms. The van der Waals surface area contributed by atoms with E-state index >= 15 is 0 Å². The van der Waals surface area contributed by atoms with Crippen LogP contribution in [0.25, 0.3) is 0 Å². The molecule has 1 saturated carbocycles. The van der Waals surface area contributed by atoms with Crippen molar-refractivity contribution in [2.75, 3.05) is 7.11 Å². The van der Waals surface area contributed by atoms with Gasteiger partial charge in [-0.2, -0.15) is 0 Å². The Kier molecular flexibility index (Phi) is 6.49. The lowest BCUT2D eigenvalue weighted by Crippen LogP contribution is -2.43. The molecule has 0 aromatic heterocycles. The van der Waals surface area contributed by atoms with Crippen LogP contribution in [0.15, 0.2) is 54.6 Å². The summed E-state index contributed by atoms with van der Waals surface area (Å²) in [6.45, 7) is 0. The predicted molar refractivity (Wildman–Crippen MR) is 107 cm³/mol. The Labute approximate surface area is 169 Å². The first-order valence-corrected chi connectivity index (χ1v) is 9.51. The molecule has 1 fully saturated rings. The van der Waals surface area contributed by atoms with Gasteiger partial charge in [-0.1, -0.05) is 30.3 Å². The van der Waals surface area contributed by atoms with Crippen molar-refractivity contribution in [2.24, 2.45) is 5.92 Å². The molecular weight excluding hydrogens is 372 g/mol. The first kappa shape index (κ1) is 20.4. The van der Waals surface area contributed by atoms with Crippen molar-refractivity contribution in [3.63, 3.8) is 0 Å². The molecule has 3 rings (SSSR count). The maximum absolute atomic E-state index is 13.0. The summed E-state index contributed by atoms with van der Waals surface area (Å²) in [6.07, 6.45) is 1.54. The van der Waals surface area contributed by atoms with Crippen molar-refractivity contribution in [2.45, 2.75) is 31.3 Å². The van der Waals surface area contributed by atoms with E-state index in [0.29, 0.717) is 36.1 Å². The van der Waals surface area contributed by atoms with Gasteiger partial charge in [0, 0.05) is 11.6 Å². The van der Waals surface area contributed by atoms with Gasteiger partial charge in [0.2, 0.25) is 5.91 Å². The Morgan fingerprint density at radius 1 is 1.03 bits per heavy atom. The summed E-state index contributed by atoms with van der Waals surface area (Å²) in [4.78, 5) is 36.8. The van der Waals surface area contributed by atoms with Crippen LogP contribution < -0.4 is 15.4 Å². The quantitative estimate of drug-likeness (QED) is 0.667. The number of carboxylic acids is 1. The van der Waals surface area contributed by atoms with E-state index in [2.05, 4.69) is 10.6 Å². The number of carbonyl (C=O) groups is 3. The van der Waals surface area contributed by atoms with Crippen molar-refractivity contribution in [3.8, 4) is 5.75 Å². The summed E-state index contributed by atoms with van der Waals surface area (Å²) in [5.41, 5.74) is 1.06. The summed E-state index contributed by atoms with van der Waals surface area (Å²) in [7, 11) is 1.54. The summed E-state index contributed by atoms with van der Waals surface area (Å²) in [5.74, 6) is -1.38. The molecule has 1 aliphatic carbocycles. The van der Waals surface area contributed by atoms with Crippen molar-refractivity contribution in [1.29, 1.82) is 0 Å². The van der Waals surface area contributed by atoms with E-state index in [1.165, 1.54) is 0 Å². The van der Waals surface area contributed by atoms with Crippen LogP contribution in [0.3, 0.4) is 0 Å². The molecule has 1 aliphatic rings. The van der Waals surface area contributed by atoms with E-state index in [0.717, 1.165) is 0 Å².